The van der Waals surface area contributed by atoms with Crippen LogP contribution in [-0.4, -0.2) is 24.9 Å². The van der Waals surface area contributed by atoms with Gasteiger partial charge >= 0.3 is 0 Å². The molecule has 0 bridgehead atoms. The molecule has 0 amide bonds. The monoisotopic (exact) mass is 342 g/mol. The van der Waals surface area contributed by atoms with Crippen LogP contribution in [0.5, 0.6) is 11.5 Å². The predicted octanol–water partition coefficient (Wildman–Crippen LogP) is 4.05. The summed E-state index contributed by atoms with van der Waals surface area (Å²) in [5, 5.41) is 10.7. The summed E-state index contributed by atoms with van der Waals surface area (Å²) in [4.78, 5) is 0. The van der Waals surface area contributed by atoms with Gasteiger partial charge in [-0.1, -0.05) is 43.7 Å². The summed E-state index contributed by atoms with van der Waals surface area (Å²) in [6.45, 7) is 3.25. The number of hydrogen-bond acceptors (Lipinski definition) is 4. The average molecular weight is 342 g/mol. The highest BCUT2D eigenvalue weighted by Crippen LogP contribution is 2.36. The molecule has 0 spiro atoms. The topological polar surface area (TPSA) is 47.9 Å². The standard InChI is InChI=1S/C21H26O4/c1-3-4-10-24-20-13-17-14-25-21(15-8-6-5-7-9-15)18(22)11-16(17)12-19(20)23-2/h5-9,12-13,18,21-22H,3-4,10-11,14H2,1-2H3/t18-,21+/m1/s1. The van der Waals surface area contributed by atoms with Gasteiger partial charge in [0.25, 0.3) is 0 Å². The van der Waals surface area contributed by atoms with E-state index < -0.39 is 6.10 Å². The molecule has 0 aromatic heterocycles. The number of rotatable bonds is 6. The van der Waals surface area contributed by atoms with E-state index in [0.717, 1.165) is 35.3 Å². The van der Waals surface area contributed by atoms with E-state index >= 15 is 0 Å². The third kappa shape index (κ3) is 4.14. The van der Waals surface area contributed by atoms with Gasteiger partial charge in [-0.3, -0.25) is 0 Å². The van der Waals surface area contributed by atoms with Crippen LogP contribution in [0.1, 0.15) is 42.6 Å². The molecule has 0 saturated heterocycles. The van der Waals surface area contributed by atoms with Crippen LogP contribution in [0.15, 0.2) is 42.5 Å². The number of ether oxygens (including phenoxy) is 3. The SMILES string of the molecule is CCCCOc1cc2c(cc1OC)C[C@@H](O)[C@H](c1ccccc1)OC2. The smallest absolute Gasteiger partial charge is 0.161 e. The minimum atomic E-state index is -0.597. The Balaban J connectivity index is 1.84. The third-order valence-electron chi connectivity index (χ3n) is 4.57. The lowest BCUT2D eigenvalue weighted by atomic mass is 9.97. The molecule has 4 nitrogen and oxygen atoms in total. The van der Waals surface area contributed by atoms with Gasteiger partial charge in [-0.05, 0) is 35.2 Å². The van der Waals surface area contributed by atoms with Gasteiger partial charge in [0.05, 0.1) is 26.4 Å². The van der Waals surface area contributed by atoms with Crippen molar-refractivity contribution in [1.29, 1.82) is 0 Å². The van der Waals surface area contributed by atoms with E-state index in [-0.39, 0.29) is 6.10 Å². The second-order valence-electron chi connectivity index (χ2n) is 6.39. The lowest BCUT2D eigenvalue weighted by Crippen LogP contribution is -2.21. The van der Waals surface area contributed by atoms with Gasteiger partial charge in [0.2, 0.25) is 0 Å². The molecular formula is C21H26O4. The minimum Gasteiger partial charge on any atom is -0.493 e. The van der Waals surface area contributed by atoms with E-state index in [1.54, 1.807) is 7.11 Å². The van der Waals surface area contributed by atoms with Crippen LogP contribution in [0.25, 0.3) is 0 Å². The second kappa shape index (κ2) is 8.37. The summed E-state index contributed by atoms with van der Waals surface area (Å²) >= 11 is 0. The van der Waals surface area contributed by atoms with Gasteiger partial charge < -0.3 is 19.3 Å². The van der Waals surface area contributed by atoms with E-state index in [0.29, 0.717) is 25.4 Å². The number of methoxy groups -OCH3 is 1. The molecule has 2 atom stereocenters. The highest BCUT2D eigenvalue weighted by molar-refractivity contribution is 5.48. The highest BCUT2D eigenvalue weighted by Gasteiger charge is 2.27. The van der Waals surface area contributed by atoms with E-state index in [2.05, 4.69) is 6.92 Å². The molecule has 25 heavy (non-hydrogen) atoms. The number of unbranched alkanes of at least 4 members (excludes halogenated alkanes) is 1. The summed E-state index contributed by atoms with van der Waals surface area (Å²) in [6, 6.07) is 13.8. The molecule has 0 saturated carbocycles. The first kappa shape index (κ1) is 17.8. The Hall–Kier alpha value is -2.04. The Morgan fingerprint density at radius 1 is 1.12 bits per heavy atom. The van der Waals surface area contributed by atoms with Crippen molar-refractivity contribution in [2.45, 2.75) is 45.0 Å². The molecule has 0 unspecified atom stereocenters. The summed E-state index contributed by atoms with van der Waals surface area (Å²) in [7, 11) is 1.64. The van der Waals surface area contributed by atoms with Crippen LogP contribution < -0.4 is 9.47 Å². The van der Waals surface area contributed by atoms with Crippen molar-refractivity contribution in [3.05, 3.63) is 59.2 Å². The van der Waals surface area contributed by atoms with Crippen molar-refractivity contribution in [3.63, 3.8) is 0 Å². The normalized spacial score (nSPS) is 19.8. The van der Waals surface area contributed by atoms with Crippen molar-refractivity contribution >= 4 is 0 Å². The zero-order valence-corrected chi connectivity index (χ0v) is 14.9. The van der Waals surface area contributed by atoms with Crippen molar-refractivity contribution in [2.24, 2.45) is 0 Å². The first-order chi connectivity index (χ1) is 12.2. The highest BCUT2D eigenvalue weighted by atomic mass is 16.5. The average Bonchev–Trinajstić information content (AvgIpc) is 2.80. The molecule has 1 aliphatic heterocycles. The van der Waals surface area contributed by atoms with Crippen molar-refractivity contribution in [1.82, 2.24) is 0 Å². The quantitative estimate of drug-likeness (QED) is 0.805. The fourth-order valence-corrected chi connectivity index (χ4v) is 3.15. The predicted molar refractivity (Wildman–Crippen MR) is 97.1 cm³/mol. The molecule has 3 rings (SSSR count). The lowest BCUT2D eigenvalue weighted by Gasteiger charge is -2.20. The fourth-order valence-electron chi connectivity index (χ4n) is 3.15. The van der Waals surface area contributed by atoms with Crippen LogP contribution in [0.3, 0.4) is 0 Å². The first-order valence-electron chi connectivity index (χ1n) is 8.90. The summed E-state index contributed by atoms with van der Waals surface area (Å²) in [5.74, 6) is 1.45. The van der Waals surface area contributed by atoms with Gasteiger partial charge in [-0.15, -0.1) is 0 Å². The first-order valence-corrected chi connectivity index (χ1v) is 8.90. The second-order valence-corrected chi connectivity index (χ2v) is 6.39. The molecule has 4 heteroatoms. The maximum atomic E-state index is 10.7. The Morgan fingerprint density at radius 3 is 2.60 bits per heavy atom. The molecule has 1 heterocycles. The van der Waals surface area contributed by atoms with E-state index in [4.69, 9.17) is 14.2 Å². The maximum absolute atomic E-state index is 10.7. The molecule has 134 valence electrons. The van der Waals surface area contributed by atoms with E-state index in [9.17, 15) is 5.11 Å². The number of benzene rings is 2. The van der Waals surface area contributed by atoms with Crippen molar-refractivity contribution < 1.29 is 19.3 Å². The van der Waals surface area contributed by atoms with Gasteiger partial charge in [-0.25, -0.2) is 0 Å². The zero-order valence-electron chi connectivity index (χ0n) is 14.9. The Bertz CT molecular complexity index is 684. The molecular weight excluding hydrogens is 316 g/mol. The van der Waals surface area contributed by atoms with Gasteiger partial charge in [0.1, 0.15) is 6.10 Å². The van der Waals surface area contributed by atoms with Gasteiger partial charge in [0, 0.05) is 6.42 Å². The number of aliphatic hydroxyl groups is 1. The number of fused-ring (bicyclic) bond motifs is 1. The number of aliphatic hydroxyl groups excluding tert-OH is 1. The van der Waals surface area contributed by atoms with E-state index in [1.165, 1.54) is 0 Å². The van der Waals surface area contributed by atoms with Gasteiger partial charge in [0.15, 0.2) is 11.5 Å². The molecule has 0 radical (unpaired) electrons. The lowest BCUT2D eigenvalue weighted by molar-refractivity contribution is -0.0406. The van der Waals surface area contributed by atoms with E-state index in [1.807, 2.05) is 42.5 Å². The molecule has 1 N–H and O–H groups in total. The summed E-state index contributed by atoms with van der Waals surface area (Å²) < 4.78 is 17.4. The molecule has 1 aliphatic rings. The minimum absolute atomic E-state index is 0.330. The molecule has 0 aliphatic carbocycles. The van der Waals surface area contributed by atoms with Crippen LogP contribution in [0, 0.1) is 0 Å². The third-order valence-corrected chi connectivity index (χ3v) is 4.57. The van der Waals surface area contributed by atoms with Crippen LogP contribution in [0.2, 0.25) is 0 Å². The maximum Gasteiger partial charge on any atom is 0.161 e. The molecule has 0 fully saturated rings. The van der Waals surface area contributed by atoms with Crippen LogP contribution >= 0.6 is 0 Å². The van der Waals surface area contributed by atoms with Crippen molar-refractivity contribution in [3.8, 4) is 11.5 Å². The van der Waals surface area contributed by atoms with Crippen LogP contribution in [0.4, 0.5) is 0 Å². The van der Waals surface area contributed by atoms with Crippen molar-refractivity contribution in [2.75, 3.05) is 13.7 Å². The Kier molecular flexibility index (Phi) is 5.95. The largest absolute Gasteiger partial charge is 0.493 e. The summed E-state index contributed by atoms with van der Waals surface area (Å²) in [6.07, 6.45) is 1.69. The van der Waals surface area contributed by atoms with Gasteiger partial charge in [-0.2, -0.15) is 0 Å². The molecule has 2 aromatic rings. The fraction of sp³-hybridized carbons (Fsp3) is 0.429. The molecule has 2 aromatic carbocycles. The Labute approximate surface area is 149 Å². The number of hydrogen-bond donors (Lipinski definition) is 1. The summed E-state index contributed by atoms with van der Waals surface area (Å²) in [5.41, 5.74) is 3.09. The van der Waals surface area contributed by atoms with Crippen LogP contribution in [-0.2, 0) is 17.8 Å². The zero-order chi connectivity index (χ0) is 17.6. The Morgan fingerprint density at radius 2 is 1.88 bits per heavy atom.